The maximum absolute atomic E-state index is 8.86. The van der Waals surface area contributed by atoms with E-state index in [0.29, 0.717) is 6.54 Å². The molecular weight excluding hydrogens is 188 g/mol. The van der Waals surface area contributed by atoms with E-state index in [1.165, 1.54) is 5.56 Å². The van der Waals surface area contributed by atoms with Crippen molar-refractivity contribution in [2.45, 2.75) is 19.4 Å². The zero-order chi connectivity index (χ0) is 11.3. The van der Waals surface area contributed by atoms with Gasteiger partial charge in [0.25, 0.3) is 0 Å². The molecule has 0 aliphatic carbocycles. The van der Waals surface area contributed by atoms with Gasteiger partial charge in [0.2, 0.25) is 0 Å². The van der Waals surface area contributed by atoms with Crippen molar-refractivity contribution in [3.63, 3.8) is 0 Å². The summed E-state index contributed by atoms with van der Waals surface area (Å²) in [7, 11) is 1.98. The zero-order valence-corrected chi connectivity index (χ0v) is 9.48. The molecule has 0 spiro atoms. The first-order chi connectivity index (χ1) is 7.17. The molecule has 0 aromatic heterocycles. The van der Waals surface area contributed by atoms with E-state index in [2.05, 4.69) is 36.1 Å². The molecule has 3 heteroatoms. The molecule has 0 saturated carbocycles. The molecule has 15 heavy (non-hydrogen) atoms. The topological polar surface area (TPSA) is 49.5 Å². The number of rotatable bonds is 5. The molecule has 3 nitrogen and oxygen atoms in total. The lowest BCUT2D eigenvalue weighted by atomic mass is 10.1. The molecule has 0 amide bonds. The van der Waals surface area contributed by atoms with Crippen LogP contribution in [0.15, 0.2) is 24.3 Å². The van der Waals surface area contributed by atoms with Gasteiger partial charge in [-0.25, -0.2) is 0 Å². The minimum Gasteiger partial charge on any atom is -0.395 e. The lowest BCUT2D eigenvalue weighted by Gasteiger charge is -2.22. The Kier molecular flexibility index (Phi) is 4.59. The summed E-state index contributed by atoms with van der Waals surface area (Å²) in [5.74, 6) is 0. The predicted molar refractivity (Wildman–Crippen MR) is 64.2 cm³/mol. The Labute approximate surface area is 91.5 Å². The number of nitrogens with two attached hydrogens (primary N) is 1. The highest BCUT2D eigenvalue weighted by Crippen LogP contribution is 2.14. The molecule has 3 N–H and O–H groups in total. The highest BCUT2D eigenvalue weighted by molar-refractivity contribution is 5.47. The van der Waals surface area contributed by atoms with E-state index in [-0.39, 0.29) is 12.6 Å². The standard InChI is InChI=1S/C12H20N2O/c1-3-10-4-6-12(7-5-10)14(2)8-11(13)9-15/h4-7,11,15H,3,8-9,13H2,1-2H3. The van der Waals surface area contributed by atoms with Gasteiger partial charge < -0.3 is 15.7 Å². The number of likely N-dealkylation sites (N-methyl/N-ethyl adjacent to an activating group) is 1. The van der Waals surface area contributed by atoms with Crippen LogP contribution in [0.25, 0.3) is 0 Å². The fraction of sp³-hybridized carbons (Fsp3) is 0.500. The third-order valence-corrected chi connectivity index (χ3v) is 2.53. The molecule has 0 bridgehead atoms. The van der Waals surface area contributed by atoms with E-state index in [9.17, 15) is 0 Å². The van der Waals surface area contributed by atoms with Crippen molar-refractivity contribution in [1.82, 2.24) is 0 Å². The number of benzene rings is 1. The van der Waals surface area contributed by atoms with Crippen molar-refractivity contribution in [3.8, 4) is 0 Å². The first kappa shape index (κ1) is 12.0. The second-order valence-electron chi connectivity index (χ2n) is 3.84. The van der Waals surface area contributed by atoms with E-state index < -0.39 is 0 Å². The number of aliphatic hydroxyl groups is 1. The van der Waals surface area contributed by atoms with Crippen LogP contribution in [-0.2, 0) is 6.42 Å². The van der Waals surface area contributed by atoms with Gasteiger partial charge in [0.15, 0.2) is 0 Å². The minimum absolute atomic E-state index is 0.0252. The molecular formula is C12H20N2O. The Morgan fingerprint density at radius 1 is 1.33 bits per heavy atom. The van der Waals surface area contributed by atoms with Crippen molar-refractivity contribution in [2.24, 2.45) is 5.73 Å². The van der Waals surface area contributed by atoms with Crippen molar-refractivity contribution in [3.05, 3.63) is 29.8 Å². The van der Waals surface area contributed by atoms with Crippen molar-refractivity contribution < 1.29 is 5.11 Å². The third kappa shape index (κ3) is 3.53. The summed E-state index contributed by atoms with van der Waals surface area (Å²) in [6.07, 6.45) is 1.06. The van der Waals surface area contributed by atoms with Gasteiger partial charge >= 0.3 is 0 Å². The maximum Gasteiger partial charge on any atom is 0.0599 e. The number of hydrogen-bond acceptors (Lipinski definition) is 3. The molecule has 0 aliphatic heterocycles. The summed E-state index contributed by atoms with van der Waals surface area (Å²) in [5, 5.41) is 8.86. The molecule has 1 atom stereocenters. The van der Waals surface area contributed by atoms with Crippen LogP contribution in [0.4, 0.5) is 5.69 Å². The molecule has 0 radical (unpaired) electrons. The van der Waals surface area contributed by atoms with Gasteiger partial charge in [-0.1, -0.05) is 19.1 Å². The Bertz CT molecular complexity index is 284. The quantitative estimate of drug-likeness (QED) is 0.759. The lowest BCUT2D eigenvalue weighted by Crippen LogP contribution is -2.37. The van der Waals surface area contributed by atoms with E-state index in [0.717, 1.165) is 12.1 Å². The van der Waals surface area contributed by atoms with Gasteiger partial charge in [-0.15, -0.1) is 0 Å². The largest absolute Gasteiger partial charge is 0.395 e. The van der Waals surface area contributed by atoms with Gasteiger partial charge in [0.05, 0.1) is 6.61 Å². The minimum atomic E-state index is -0.180. The molecule has 84 valence electrons. The van der Waals surface area contributed by atoms with Crippen LogP contribution in [0.3, 0.4) is 0 Å². The Hall–Kier alpha value is -1.06. The SMILES string of the molecule is CCc1ccc(N(C)CC(N)CO)cc1. The molecule has 1 unspecified atom stereocenters. The van der Waals surface area contributed by atoms with Crippen LogP contribution < -0.4 is 10.6 Å². The Morgan fingerprint density at radius 3 is 2.40 bits per heavy atom. The number of nitrogens with zero attached hydrogens (tertiary/aromatic N) is 1. The monoisotopic (exact) mass is 208 g/mol. The van der Waals surface area contributed by atoms with E-state index >= 15 is 0 Å². The normalized spacial score (nSPS) is 12.5. The van der Waals surface area contributed by atoms with Gasteiger partial charge in [0.1, 0.15) is 0 Å². The summed E-state index contributed by atoms with van der Waals surface area (Å²) in [6, 6.07) is 8.24. The second kappa shape index (κ2) is 5.73. The molecule has 0 saturated heterocycles. The number of anilines is 1. The highest BCUT2D eigenvalue weighted by atomic mass is 16.3. The number of hydrogen-bond donors (Lipinski definition) is 2. The average Bonchev–Trinajstić information content (AvgIpc) is 2.29. The predicted octanol–water partition coefficient (Wildman–Crippen LogP) is 1.00. The fourth-order valence-corrected chi connectivity index (χ4v) is 1.50. The Morgan fingerprint density at radius 2 is 1.93 bits per heavy atom. The fourth-order valence-electron chi connectivity index (χ4n) is 1.50. The lowest BCUT2D eigenvalue weighted by molar-refractivity contribution is 0.267. The van der Waals surface area contributed by atoms with Crippen molar-refractivity contribution >= 4 is 5.69 Å². The van der Waals surface area contributed by atoms with Crippen molar-refractivity contribution in [2.75, 3.05) is 25.1 Å². The summed E-state index contributed by atoms with van der Waals surface area (Å²) in [6.45, 7) is 2.83. The van der Waals surface area contributed by atoms with Crippen LogP contribution >= 0.6 is 0 Å². The summed E-state index contributed by atoms with van der Waals surface area (Å²) in [5.41, 5.74) is 8.14. The van der Waals surface area contributed by atoms with E-state index in [4.69, 9.17) is 10.8 Å². The van der Waals surface area contributed by atoms with Gasteiger partial charge in [-0.3, -0.25) is 0 Å². The van der Waals surface area contributed by atoms with Crippen LogP contribution in [0.2, 0.25) is 0 Å². The van der Waals surface area contributed by atoms with Crippen LogP contribution in [0.1, 0.15) is 12.5 Å². The molecule has 0 aliphatic rings. The summed E-state index contributed by atoms with van der Waals surface area (Å²) in [4.78, 5) is 2.06. The average molecular weight is 208 g/mol. The Balaban J connectivity index is 2.61. The molecule has 0 heterocycles. The number of aryl methyl sites for hydroxylation is 1. The first-order valence-electron chi connectivity index (χ1n) is 5.34. The summed E-state index contributed by atoms with van der Waals surface area (Å²) >= 11 is 0. The van der Waals surface area contributed by atoms with Gasteiger partial charge in [-0.2, -0.15) is 0 Å². The van der Waals surface area contributed by atoms with Crippen LogP contribution in [-0.4, -0.2) is 31.3 Å². The summed E-state index contributed by atoms with van der Waals surface area (Å²) < 4.78 is 0. The van der Waals surface area contributed by atoms with E-state index in [1.54, 1.807) is 0 Å². The number of aliphatic hydroxyl groups excluding tert-OH is 1. The molecule has 1 rings (SSSR count). The van der Waals surface area contributed by atoms with Gasteiger partial charge in [0, 0.05) is 25.3 Å². The van der Waals surface area contributed by atoms with E-state index in [1.807, 2.05) is 7.05 Å². The molecule has 1 aromatic carbocycles. The van der Waals surface area contributed by atoms with Crippen LogP contribution in [0.5, 0.6) is 0 Å². The highest BCUT2D eigenvalue weighted by Gasteiger charge is 2.05. The second-order valence-corrected chi connectivity index (χ2v) is 3.84. The third-order valence-electron chi connectivity index (χ3n) is 2.53. The maximum atomic E-state index is 8.86. The first-order valence-corrected chi connectivity index (χ1v) is 5.34. The molecule has 1 aromatic rings. The van der Waals surface area contributed by atoms with Crippen molar-refractivity contribution in [1.29, 1.82) is 0 Å². The molecule has 0 fully saturated rings. The van der Waals surface area contributed by atoms with Gasteiger partial charge in [-0.05, 0) is 24.1 Å². The smallest absolute Gasteiger partial charge is 0.0599 e. The zero-order valence-electron chi connectivity index (χ0n) is 9.48. The van der Waals surface area contributed by atoms with Crippen LogP contribution in [0, 0.1) is 0 Å².